The van der Waals surface area contributed by atoms with Crippen LogP contribution in [0.1, 0.15) is 30.1 Å². The fourth-order valence-electron chi connectivity index (χ4n) is 3.24. The van der Waals surface area contributed by atoms with Crippen molar-refractivity contribution in [3.63, 3.8) is 0 Å². The van der Waals surface area contributed by atoms with Crippen LogP contribution in [0.25, 0.3) is 0 Å². The van der Waals surface area contributed by atoms with Crippen molar-refractivity contribution in [1.29, 1.82) is 0 Å². The van der Waals surface area contributed by atoms with Crippen LogP contribution in [-0.4, -0.2) is 24.2 Å². The molecule has 0 N–H and O–H groups in total. The molecular formula is C14H13F2NO2. The van der Waals surface area contributed by atoms with E-state index >= 15 is 0 Å². The summed E-state index contributed by atoms with van der Waals surface area (Å²) in [5.74, 6) is -3.20. The van der Waals surface area contributed by atoms with E-state index in [1.807, 2.05) is 11.8 Å². The summed E-state index contributed by atoms with van der Waals surface area (Å²) in [5, 5.41) is 0. The number of fused-ring (bicyclic) bond motifs is 3. The molecular weight excluding hydrogens is 252 g/mol. The Balaban J connectivity index is 2.22. The third-order valence-electron chi connectivity index (χ3n) is 4.16. The number of carbonyl (C=O) groups is 2. The summed E-state index contributed by atoms with van der Waals surface area (Å²) < 4.78 is 26.7. The number of nitrogens with zero attached hydrogens (tertiary/aromatic N) is 1. The summed E-state index contributed by atoms with van der Waals surface area (Å²) in [6.45, 7) is 1.96. The van der Waals surface area contributed by atoms with E-state index in [9.17, 15) is 18.4 Å². The zero-order chi connectivity index (χ0) is 13.7. The zero-order valence-corrected chi connectivity index (χ0v) is 10.4. The normalized spacial score (nSPS) is 29.1. The highest BCUT2D eigenvalue weighted by Crippen LogP contribution is 2.42. The highest BCUT2D eigenvalue weighted by atomic mass is 19.2. The summed E-state index contributed by atoms with van der Waals surface area (Å²) in [6.07, 6.45) is 2.18. The van der Waals surface area contributed by atoms with Crippen molar-refractivity contribution in [1.82, 2.24) is 0 Å². The molecule has 0 radical (unpaired) electrons. The lowest BCUT2D eigenvalue weighted by atomic mass is 9.85. The molecule has 1 fully saturated rings. The molecule has 0 bridgehead atoms. The number of ketones is 1. The largest absolute Gasteiger partial charge is 0.364 e. The van der Waals surface area contributed by atoms with Crippen molar-refractivity contribution in [3.05, 3.63) is 29.3 Å². The lowest BCUT2D eigenvalue weighted by Gasteiger charge is -2.38. The molecule has 19 heavy (non-hydrogen) atoms. The van der Waals surface area contributed by atoms with E-state index in [0.29, 0.717) is 12.0 Å². The number of hydrogen-bond acceptors (Lipinski definition) is 3. The van der Waals surface area contributed by atoms with Crippen LogP contribution >= 0.6 is 0 Å². The fourth-order valence-corrected chi connectivity index (χ4v) is 3.24. The lowest BCUT2D eigenvalue weighted by molar-refractivity contribution is -0.110. The van der Waals surface area contributed by atoms with E-state index in [0.717, 1.165) is 25.0 Å². The number of anilines is 1. The van der Waals surface area contributed by atoms with Crippen LogP contribution in [0.15, 0.2) is 12.1 Å². The average Bonchev–Trinajstić information content (AvgIpc) is 2.75. The van der Waals surface area contributed by atoms with Crippen LogP contribution in [0.5, 0.6) is 0 Å². The molecule has 3 nitrogen and oxygen atoms in total. The molecule has 5 heteroatoms. The Kier molecular flexibility index (Phi) is 2.66. The van der Waals surface area contributed by atoms with Gasteiger partial charge in [-0.05, 0) is 25.8 Å². The van der Waals surface area contributed by atoms with E-state index in [-0.39, 0.29) is 17.6 Å². The highest BCUT2D eigenvalue weighted by Gasteiger charge is 2.45. The average molecular weight is 265 g/mol. The number of halogens is 2. The number of hydrogen-bond donors (Lipinski definition) is 0. The van der Waals surface area contributed by atoms with Gasteiger partial charge in [-0.3, -0.25) is 4.79 Å². The Hall–Kier alpha value is -1.78. The Morgan fingerprint density at radius 3 is 2.63 bits per heavy atom. The van der Waals surface area contributed by atoms with E-state index in [4.69, 9.17) is 0 Å². The monoisotopic (exact) mass is 265 g/mol. The Bertz CT molecular complexity index is 573. The van der Waals surface area contributed by atoms with Crippen LogP contribution in [0, 0.1) is 17.6 Å². The minimum atomic E-state index is -1.05. The molecule has 100 valence electrons. The number of Topliss-reactive ketones (excluding diaryl/α,β-unsaturated/α-hetero) is 1. The first kappa shape index (κ1) is 12.3. The molecule has 3 rings (SSSR count). The second kappa shape index (κ2) is 4.11. The minimum Gasteiger partial charge on any atom is -0.364 e. The van der Waals surface area contributed by atoms with E-state index in [1.165, 1.54) is 0 Å². The standard InChI is InChI=1S/C14H13F2NO2/c1-7-2-3-12-9(6-18)14(19)8-4-10(15)11(16)5-13(8)17(7)12/h4-7,9,12H,2-3H2,1H3. The SMILES string of the molecule is CC1CCC2C(C=O)C(=O)c3cc(F)c(F)cc3N12. The third kappa shape index (κ3) is 1.60. The van der Waals surface area contributed by atoms with Gasteiger partial charge in [0.25, 0.3) is 0 Å². The van der Waals surface area contributed by atoms with Crippen molar-refractivity contribution in [2.45, 2.75) is 31.8 Å². The van der Waals surface area contributed by atoms with Gasteiger partial charge in [-0.15, -0.1) is 0 Å². The minimum absolute atomic E-state index is 0.112. The predicted molar refractivity (Wildman–Crippen MR) is 65.2 cm³/mol. The first-order chi connectivity index (χ1) is 9.04. The topological polar surface area (TPSA) is 37.4 Å². The molecule has 0 aliphatic carbocycles. The molecule has 3 atom stereocenters. The van der Waals surface area contributed by atoms with Crippen molar-refractivity contribution in [3.8, 4) is 0 Å². The molecule has 0 aromatic heterocycles. The quantitative estimate of drug-likeness (QED) is 0.577. The summed E-state index contributed by atoms with van der Waals surface area (Å²) in [5.41, 5.74) is 0.526. The van der Waals surface area contributed by atoms with E-state index in [1.54, 1.807) is 0 Å². The van der Waals surface area contributed by atoms with Crippen molar-refractivity contribution in [2.24, 2.45) is 5.92 Å². The Labute approximate surface area is 109 Å². The van der Waals surface area contributed by atoms with Crippen molar-refractivity contribution < 1.29 is 18.4 Å². The lowest BCUT2D eigenvalue weighted by Crippen LogP contribution is -2.47. The van der Waals surface area contributed by atoms with Gasteiger partial charge in [0.05, 0.1) is 11.6 Å². The molecule has 2 aliphatic rings. The molecule has 2 heterocycles. The molecule has 0 spiro atoms. The first-order valence-corrected chi connectivity index (χ1v) is 6.31. The summed E-state index contributed by atoms with van der Waals surface area (Å²) in [4.78, 5) is 25.3. The summed E-state index contributed by atoms with van der Waals surface area (Å²) >= 11 is 0. The number of benzene rings is 1. The van der Waals surface area contributed by atoms with Gasteiger partial charge in [0.1, 0.15) is 6.29 Å². The van der Waals surface area contributed by atoms with Gasteiger partial charge in [0, 0.05) is 23.7 Å². The molecule has 1 saturated heterocycles. The second-order valence-corrected chi connectivity index (χ2v) is 5.21. The van der Waals surface area contributed by atoms with Crippen LogP contribution in [0.3, 0.4) is 0 Å². The smallest absolute Gasteiger partial charge is 0.177 e. The molecule has 1 aromatic rings. The Morgan fingerprint density at radius 2 is 1.95 bits per heavy atom. The molecule has 2 aliphatic heterocycles. The Morgan fingerprint density at radius 1 is 1.26 bits per heavy atom. The number of aldehydes is 1. The maximum absolute atomic E-state index is 13.4. The third-order valence-corrected chi connectivity index (χ3v) is 4.16. The van der Waals surface area contributed by atoms with Crippen LogP contribution in [-0.2, 0) is 4.79 Å². The van der Waals surface area contributed by atoms with Gasteiger partial charge in [-0.2, -0.15) is 0 Å². The maximum Gasteiger partial charge on any atom is 0.177 e. The van der Waals surface area contributed by atoms with Crippen LogP contribution in [0.2, 0.25) is 0 Å². The molecule has 1 aromatic carbocycles. The second-order valence-electron chi connectivity index (χ2n) is 5.21. The molecule has 0 amide bonds. The zero-order valence-electron chi connectivity index (χ0n) is 10.4. The highest BCUT2D eigenvalue weighted by molar-refractivity contribution is 6.11. The van der Waals surface area contributed by atoms with Crippen molar-refractivity contribution >= 4 is 17.8 Å². The van der Waals surface area contributed by atoms with Crippen molar-refractivity contribution in [2.75, 3.05) is 4.90 Å². The van der Waals surface area contributed by atoms with Gasteiger partial charge in [-0.25, -0.2) is 8.78 Å². The van der Waals surface area contributed by atoms with E-state index < -0.39 is 23.3 Å². The summed E-state index contributed by atoms with van der Waals surface area (Å²) in [7, 11) is 0. The number of rotatable bonds is 1. The van der Waals surface area contributed by atoms with Gasteiger partial charge in [0.15, 0.2) is 17.4 Å². The number of carbonyl (C=O) groups excluding carboxylic acids is 2. The summed E-state index contributed by atoms with van der Waals surface area (Å²) in [6, 6.07) is 1.87. The van der Waals surface area contributed by atoms with E-state index in [2.05, 4.69) is 0 Å². The van der Waals surface area contributed by atoms with Crippen LogP contribution < -0.4 is 4.90 Å². The molecule has 3 unspecified atom stereocenters. The maximum atomic E-state index is 13.4. The first-order valence-electron chi connectivity index (χ1n) is 6.31. The van der Waals surface area contributed by atoms with Gasteiger partial charge >= 0.3 is 0 Å². The van der Waals surface area contributed by atoms with Gasteiger partial charge in [0.2, 0.25) is 0 Å². The fraction of sp³-hybridized carbons (Fsp3) is 0.429. The van der Waals surface area contributed by atoms with Gasteiger partial charge < -0.3 is 9.69 Å². The van der Waals surface area contributed by atoms with Crippen LogP contribution in [0.4, 0.5) is 14.5 Å². The molecule has 0 saturated carbocycles. The van der Waals surface area contributed by atoms with Gasteiger partial charge in [-0.1, -0.05) is 0 Å². The predicted octanol–water partition coefficient (Wildman–Crippen LogP) is 2.33.